The number of nitrogens with one attached hydrogen (secondary N) is 2. The molecule has 0 radical (unpaired) electrons. The molecule has 0 aromatic heterocycles. The minimum Gasteiger partial charge on any atom is -0.394 e. The summed E-state index contributed by atoms with van der Waals surface area (Å²) < 4.78 is 50.3. The Morgan fingerprint density at radius 3 is 1.39 bits per heavy atom. The van der Waals surface area contributed by atoms with Crippen LogP contribution in [0.25, 0.3) is 0 Å². The highest BCUT2D eigenvalue weighted by molar-refractivity contribution is 5.73. The van der Waals surface area contributed by atoms with Gasteiger partial charge in [-0.2, -0.15) is 0 Å². The molecule has 2 amide bonds. The van der Waals surface area contributed by atoms with Gasteiger partial charge >= 0.3 is 0 Å². The van der Waals surface area contributed by atoms with Gasteiger partial charge in [-0.15, -0.1) is 0 Å². The Morgan fingerprint density at radius 2 is 0.839 bits per heavy atom. The normalized spacial score (nSPS) is 49.0. The molecule has 62 heavy (non-hydrogen) atoms. The van der Waals surface area contributed by atoms with E-state index >= 15 is 0 Å². The summed E-state index contributed by atoms with van der Waals surface area (Å²) in [5.41, 5.74) is 0. The number of hydrogen-bond acceptors (Lipinski definition) is 26. The molecular formula is C34H58N2O26. The predicted molar refractivity (Wildman–Crippen MR) is 190 cm³/mol. The molecule has 0 aromatic rings. The van der Waals surface area contributed by atoms with Crippen LogP contribution in [0.1, 0.15) is 13.8 Å². The fraction of sp³-hybridized carbons (Fsp3) is 0.941. The van der Waals surface area contributed by atoms with Crippen molar-refractivity contribution in [2.45, 2.75) is 167 Å². The molecule has 5 fully saturated rings. The van der Waals surface area contributed by atoms with Crippen LogP contribution in [0.5, 0.6) is 0 Å². The van der Waals surface area contributed by atoms with Crippen molar-refractivity contribution in [3.05, 3.63) is 0 Å². The van der Waals surface area contributed by atoms with Crippen LogP contribution < -0.4 is 10.6 Å². The van der Waals surface area contributed by atoms with Gasteiger partial charge in [-0.25, -0.2) is 0 Å². The van der Waals surface area contributed by atoms with Gasteiger partial charge in [-0.3, -0.25) is 9.59 Å². The zero-order valence-electron chi connectivity index (χ0n) is 33.2. The lowest BCUT2D eigenvalue weighted by molar-refractivity contribution is -0.381. The Bertz CT molecular complexity index is 1440. The van der Waals surface area contributed by atoms with Crippen LogP contribution >= 0.6 is 0 Å². The number of carbonyl (C=O) groups is 2. The molecule has 5 saturated heterocycles. The SMILES string of the molecule is CC(=O)N[C@H]1[C@H](O[C@H]2[C@@H](O)[C@@H](CO[C@@H]3O[C@H](CO)[C@@H](O)[C@H](O)[C@H]3NC(C)=O)OC(O)[C@@H]2O)O[C@H](CO)[C@@H](O[C@@H]2O[C@H](CO)[C@H](O)[C@H](O[C@H]3O[C@H](CO)[C@H](O)[C@H](O)[C@H]3O)[C@H]2O)[C@@H]1O. The van der Waals surface area contributed by atoms with Crippen molar-refractivity contribution in [2.24, 2.45) is 0 Å². The Kier molecular flexibility index (Phi) is 18.1. The quantitative estimate of drug-likeness (QED) is 0.0725. The maximum absolute atomic E-state index is 12.4. The second-order valence-corrected chi connectivity index (χ2v) is 15.5. The largest absolute Gasteiger partial charge is 0.394 e. The highest BCUT2D eigenvalue weighted by Gasteiger charge is 2.56. The molecule has 0 bridgehead atoms. The van der Waals surface area contributed by atoms with Gasteiger partial charge < -0.3 is 130 Å². The number of amides is 2. The molecule has 5 heterocycles. The number of rotatable bonds is 15. The third kappa shape index (κ3) is 11.0. The van der Waals surface area contributed by atoms with E-state index in [2.05, 4.69) is 10.6 Å². The van der Waals surface area contributed by atoms with E-state index in [0.717, 1.165) is 13.8 Å². The number of carbonyl (C=O) groups excluding carboxylic acids is 2. The Hall–Kier alpha value is -2.02. The molecule has 28 nitrogen and oxygen atoms in total. The predicted octanol–water partition coefficient (Wildman–Crippen LogP) is -11.6. The molecule has 5 aliphatic rings. The van der Waals surface area contributed by atoms with Crippen LogP contribution in [-0.4, -0.2) is 275 Å². The van der Waals surface area contributed by atoms with Crippen LogP contribution in [0.2, 0.25) is 0 Å². The number of aliphatic hydroxyl groups is 15. The first-order valence-electron chi connectivity index (χ1n) is 19.6. The van der Waals surface area contributed by atoms with Gasteiger partial charge in [0, 0.05) is 13.8 Å². The number of hydrogen-bond donors (Lipinski definition) is 17. The van der Waals surface area contributed by atoms with E-state index in [4.69, 9.17) is 42.6 Å². The third-order valence-electron chi connectivity index (χ3n) is 11.1. The number of ether oxygens (including phenoxy) is 9. The average molecular weight is 911 g/mol. The molecule has 5 rings (SSSR count). The van der Waals surface area contributed by atoms with E-state index in [0.29, 0.717) is 0 Å². The molecular weight excluding hydrogens is 852 g/mol. The Morgan fingerprint density at radius 1 is 0.419 bits per heavy atom. The maximum atomic E-state index is 12.4. The van der Waals surface area contributed by atoms with E-state index in [1.165, 1.54) is 0 Å². The third-order valence-corrected chi connectivity index (χ3v) is 11.1. The molecule has 28 heteroatoms. The monoisotopic (exact) mass is 910 g/mol. The van der Waals surface area contributed by atoms with Gasteiger partial charge in [0.05, 0.1) is 33.0 Å². The van der Waals surface area contributed by atoms with Gasteiger partial charge in [-0.1, -0.05) is 0 Å². The molecule has 0 saturated carbocycles. The second kappa shape index (κ2) is 22.0. The molecule has 0 aromatic carbocycles. The van der Waals surface area contributed by atoms with Crippen molar-refractivity contribution < 1.29 is 129 Å². The standard InChI is InChI=1S/C34H58N2O26/c1-8(41)35-15-21(47)17(43)10(3-37)56-31(15)54-7-14-20(46)28(25(51)30(53)55-14)61-32-16(36-9(2)42)22(48)27(13(6-40)59-32)60-34-26(52)29(19(45)12(5-39)58-34)62-33-24(50)23(49)18(44)11(4-38)57-33/h10-34,37-40,43-53H,3-7H2,1-2H3,(H,35,41)(H,36,42)/t10-,11-,12-,13-,14-,15-,16-,17-,18+,19+,20+,21-,22-,23+,24-,25-,26-,27-,28+,29+,30?,31-,32+,33-,34+/m1/s1. The zero-order chi connectivity index (χ0) is 45.9. The molecule has 25 atom stereocenters. The second-order valence-electron chi connectivity index (χ2n) is 15.5. The lowest BCUT2D eigenvalue weighted by Crippen LogP contribution is -2.70. The molecule has 5 aliphatic heterocycles. The molecule has 360 valence electrons. The lowest BCUT2D eigenvalue weighted by Gasteiger charge is -2.50. The minimum absolute atomic E-state index is 0.667. The highest BCUT2D eigenvalue weighted by atomic mass is 16.8. The lowest BCUT2D eigenvalue weighted by atomic mass is 9.94. The van der Waals surface area contributed by atoms with Crippen molar-refractivity contribution in [1.82, 2.24) is 10.6 Å². The van der Waals surface area contributed by atoms with E-state index < -0.39 is 198 Å². The van der Waals surface area contributed by atoms with Gasteiger partial charge in [0.25, 0.3) is 0 Å². The minimum atomic E-state index is -2.11. The van der Waals surface area contributed by atoms with Crippen molar-refractivity contribution in [2.75, 3.05) is 33.0 Å². The fourth-order valence-corrected chi connectivity index (χ4v) is 7.73. The van der Waals surface area contributed by atoms with Crippen molar-refractivity contribution >= 4 is 11.8 Å². The van der Waals surface area contributed by atoms with Gasteiger partial charge in [0.1, 0.15) is 122 Å². The van der Waals surface area contributed by atoms with E-state index in [-0.39, 0.29) is 0 Å². The Labute approximate surface area is 351 Å². The molecule has 0 spiro atoms. The summed E-state index contributed by atoms with van der Waals surface area (Å²) in [7, 11) is 0. The van der Waals surface area contributed by atoms with Crippen LogP contribution in [-0.2, 0) is 52.2 Å². The van der Waals surface area contributed by atoms with Crippen molar-refractivity contribution in [3.63, 3.8) is 0 Å². The number of aliphatic hydroxyl groups excluding tert-OH is 15. The summed E-state index contributed by atoms with van der Waals surface area (Å²) in [5.74, 6) is -1.48. The van der Waals surface area contributed by atoms with Crippen molar-refractivity contribution in [1.29, 1.82) is 0 Å². The maximum Gasteiger partial charge on any atom is 0.217 e. The smallest absolute Gasteiger partial charge is 0.217 e. The van der Waals surface area contributed by atoms with Crippen LogP contribution in [0.15, 0.2) is 0 Å². The van der Waals surface area contributed by atoms with Crippen LogP contribution in [0, 0.1) is 0 Å². The van der Waals surface area contributed by atoms with Crippen LogP contribution in [0.4, 0.5) is 0 Å². The van der Waals surface area contributed by atoms with E-state index in [1.807, 2.05) is 0 Å². The summed E-state index contributed by atoms with van der Waals surface area (Å²) in [5, 5.41) is 163. The summed E-state index contributed by atoms with van der Waals surface area (Å²) in [6.45, 7) is -2.17. The molecule has 0 aliphatic carbocycles. The summed E-state index contributed by atoms with van der Waals surface area (Å²) in [4.78, 5) is 24.2. The summed E-state index contributed by atoms with van der Waals surface area (Å²) in [6, 6.07) is -3.12. The van der Waals surface area contributed by atoms with Gasteiger partial charge in [0.15, 0.2) is 31.5 Å². The fourth-order valence-electron chi connectivity index (χ4n) is 7.73. The summed E-state index contributed by atoms with van der Waals surface area (Å²) in [6.07, 6.45) is -41.8. The van der Waals surface area contributed by atoms with Crippen molar-refractivity contribution in [3.8, 4) is 0 Å². The summed E-state index contributed by atoms with van der Waals surface area (Å²) >= 11 is 0. The Balaban J connectivity index is 1.32. The topological polar surface area (TPSA) is 445 Å². The first kappa shape index (κ1) is 51.0. The van der Waals surface area contributed by atoms with Gasteiger partial charge in [0.2, 0.25) is 11.8 Å². The van der Waals surface area contributed by atoms with Crippen LogP contribution in [0.3, 0.4) is 0 Å². The van der Waals surface area contributed by atoms with E-state index in [9.17, 15) is 86.2 Å². The van der Waals surface area contributed by atoms with E-state index in [1.54, 1.807) is 0 Å². The first-order chi connectivity index (χ1) is 29.3. The van der Waals surface area contributed by atoms with Gasteiger partial charge in [-0.05, 0) is 0 Å². The molecule has 17 N–H and O–H groups in total. The highest BCUT2D eigenvalue weighted by Crippen LogP contribution is 2.35. The average Bonchev–Trinajstić information content (AvgIpc) is 3.23. The molecule has 1 unspecified atom stereocenters. The first-order valence-corrected chi connectivity index (χ1v) is 19.6. The zero-order valence-corrected chi connectivity index (χ0v) is 33.2.